The number of rotatable bonds is 5. The molecule has 2 aromatic carbocycles. The predicted molar refractivity (Wildman–Crippen MR) is 90.1 cm³/mol. The van der Waals surface area contributed by atoms with E-state index < -0.39 is 17.3 Å². The van der Waals surface area contributed by atoms with Gasteiger partial charge in [0.2, 0.25) is 5.91 Å². The van der Waals surface area contributed by atoms with Gasteiger partial charge in [0.15, 0.2) is 0 Å². The highest BCUT2D eigenvalue weighted by atomic mass is 19.1. The van der Waals surface area contributed by atoms with Crippen molar-refractivity contribution in [2.24, 2.45) is 0 Å². The molecular formula is C18H19FN2O3. The fraction of sp³-hybridized carbons (Fsp3) is 0.222. The second-order valence-corrected chi connectivity index (χ2v) is 5.91. The van der Waals surface area contributed by atoms with Gasteiger partial charge in [-0.05, 0) is 43.7 Å². The Morgan fingerprint density at radius 1 is 1.04 bits per heavy atom. The molecule has 2 amide bonds. The molecule has 6 heteroatoms. The Labute approximate surface area is 139 Å². The van der Waals surface area contributed by atoms with Crippen molar-refractivity contribution in [3.05, 3.63) is 59.9 Å². The first-order chi connectivity index (χ1) is 11.3. The molecule has 0 spiro atoms. The van der Waals surface area contributed by atoms with Crippen LogP contribution in [0.5, 0.6) is 0 Å². The number of amides is 2. The SMILES string of the molecule is CC(C)(O)C(=O)Nc1ccc(CC(=O)Nc2ccccc2F)cc1. The predicted octanol–water partition coefficient (Wildman–Crippen LogP) is 2.72. The minimum absolute atomic E-state index is 0.0774. The van der Waals surface area contributed by atoms with E-state index in [9.17, 15) is 19.1 Å². The Kier molecular flexibility index (Phi) is 5.31. The van der Waals surface area contributed by atoms with Gasteiger partial charge in [0.25, 0.3) is 5.91 Å². The summed E-state index contributed by atoms with van der Waals surface area (Å²) < 4.78 is 13.5. The molecule has 0 radical (unpaired) electrons. The number of hydrogen-bond donors (Lipinski definition) is 3. The summed E-state index contributed by atoms with van der Waals surface area (Å²) in [6.45, 7) is 2.79. The maximum absolute atomic E-state index is 13.5. The fourth-order valence-electron chi connectivity index (χ4n) is 1.93. The first-order valence-corrected chi connectivity index (χ1v) is 7.43. The Morgan fingerprint density at radius 2 is 1.67 bits per heavy atom. The van der Waals surface area contributed by atoms with Crippen molar-refractivity contribution in [2.75, 3.05) is 10.6 Å². The van der Waals surface area contributed by atoms with E-state index in [1.54, 1.807) is 36.4 Å². The lowest BCUT2D eigenvalue weighted by atomic mass is 10.1. The second-order valence-electron chi connectivity index (χ2n) is 5.91. The molecule has 0 bridgehead atoms. The zero-order valence-corrected chi connectivity index (χ0v) is 13.5. The molecule has 0 atom stereocenters. The van der Waals surface area contributed by atoms with Crippen LogP contribution in [0.25, 0.3) is 0 Å². The van der Waals surface area contributed by atoms with Crippen molar-refractivity contribution < 1.29 is 19.1 Å². The van der Waals surface area contributed by atoms with E-state index in [-0.39, 0.29) is 18.0 Å². The Balaban J connectivity index is 1.95. The zero-order valence-electron chi connectivity index (χ0n) is 13.5. The van der Waals surface area contributed by atoms with Crippen molar-refractivity contribution >= 4 is 23.2 Å². The summed E-state index contributed by atoms with van der Waals surface area (Å²) in [5.41, 5.74) is -0.111. The summed E-state index contributed by atoms with van der Waals surface area (Å²) in [5, 5.41) is 14.7. The lowest BCUT2D eigenvalue weighted by Gasteiger charge is -2.16. The summed E-state index contributed by atoms with van der Waals surface area (Å²) in [5.74, 6) is -1.35. The maximum Gasteiger partial charge on any atom is 0.255 e. The van der Waals surface area contributed by atoms with Crippen LogP contribution in [0.1, 0.15) is 19.4 Å². The van der Waals surface area contributed by atoms with E-state index in [2.05, 4.69) is 10.6 Å². The van der Waals surface area contributed by atoms with Crippen LogP contribution in [0.2, 0.25) is 0 Å². The van der Waals surface area contributed by atoms with Gasteiger partial charge in [0.05, 0.1) is 12.1 Å². The quantitative estimate of drug-likeness (QED) is 0.789. The molecular weight excluding hydrogens is 311 g/mol. The summed E-state index contributed by atoms with van der Waals surface area (Å²) in [6, 6.07) is 12.6. The van der Waals surface area contributed by atoms with Crippen LogP contribution < -0.4 is 10.6 Å². The largest absolute Gasteiger partial charge is 0.381 e. The third kappa shape index (κ3) is 4.89. The Bertz CT molecular complexity index is 737. The monoisotopic (exact) mass is 330 g/mol. The van der Waals surface area contributed by atoms with Crippen LogP contribution in [0, 0.1) is 5.82 Å². The van der Waals surface area contributed by atoms with Crippen molar-refractivity contribution in [3.8, 4) is 0 Å². The van der Waals surface area contributed by atoms with Crippen LogP contribution >= 0.6 is 0 Å². The normalized spacial score (nSPS) is 11.0. The van der Waals surface area contributed by atoms with Crippen LogP contribution in [0.15, 0.2) is 48.5 Å². The highest BCUT2D eigenvalue weighted by molar-refractivity contribution is 5.96. The molecule has 2 aromatic rings. The molecule has 0 aliphatic heterocycles. The van der Waals surface area contributed by atoms with Gasteiger partial charge in [-0.15, -0.1) is 0 Å². The number of carbonyl (C=O) groups excluding carboxylic acids is 2. The average molecular weight is 330 g/mol. The minimum Gasteiger partial charge on any atom is -0.381 e. The number of anilines is 2. The Hall–Kier alpha value is -2.73. The molecule has 0 saturated heterocycles. The van der Waals surface area contributed by atoms with E-state index in [1.807, 2.05) is 0 Å². The van der Waals surface area contributed by atoms with E-state index in [0.717, 1.165) is 0 Å². The minimum atomic E-state index is -1.47. The summed E-state index contributed by atoms with van der Waals surface area (Å²) in [6.07, 6.45) is 0.0774. The molecule has 5 nitrogen and oxygen atoms in total. The van der Waals surface area contributed by atoms with Crippen LogP contribution in [-0.4, -0.2) is 22.5 Å². The number of carbonyl (C=O) groups is 2. The van der Waals surface area contributed by atoms with E-state index >= 15 is 0 Å². The third-order valence-electron chi connectivity index (χ3n) is 3.28. The smallest absolute Gasteiger partial charge is 0.255 e. The molecule has 2 rings (SSSR count). The number of para-hydroxylation sites is 1. The second kappa shape index (κ2) is 7.23. The first kappa shape index (κ1) is 17.6. The fourth-order valence-corrected chi connectivity index (χ4v) is 1.93. The van der Waals surface area contributed by atoms with E-state index in [4.69, 9.17) is 0 Å². The molecule has 24 heavy (non-hydrogen) atoms. The molecule has 0 aliphatic carbocycles. The van der Waals surface area contributed by atoms with Crippen molar-refractivity contribution in [3.63, 3.8) is 0 Å². The molecule has 0 heterocycles. The van der Waals surface area contributed by atoms with Gasteiger partial charge in [0.1, 0.15) is 11.4 Å². The topological polar surface area (TPSA) is 78.4 Å². The number of nitrogens with one attached hydrogen (secondary N) is 2. The molecule has 0 aliphatic rings. The van der Waals surface area contributed by atoms with Gasteiger partial charge in [-0.1, -0.05) is 24.3 Å². The van der Waals surface area contributed by atoms with Gasteiger partial charge in [-0.3, -0.25) is 9.59 Å². The third-order valence-corrected chi connectivity index (χ3v) is 3.28. The molecule has 0 unspecified atom stereocenters. The number of hydrogen-bond acceptors (Lipinski definition) is 3. The van der Waals surface area contributed by atoms with Crippen molar-refractivity contribution in [1.29, 1.82) is 0 Å². The average Bonchev–Trinajstić information content (AvgIpc) is 2.50. The van der Waals surface area contributed by atoms with Crippen LogP contribution in [-0.2, 0) is 16.0 Å². The van der Waals surface area contributed by atoms with E-state index in [1.165, 1.54) is 26.0 Å². The first-order valence-electron chi connectivity index (χ1n) is 7.43. The summed E-state index contributed by atoms with van der Waals surface area (Å²) in [4.78, 5) is 23.6. The Morgan fingerprint density at radius 3 is 2.25 bits per heavy atom. The van der Waals surface area contributed by atoms with Crippen LogP contribution in [0.3, 0.4) is 0 Å². The molecule has 126 valence electrons. The lowest BCUT2D eigenvalue weighted by Crippen LogP contribution is -2.36. The van der Waals surface area contributed by atoms with Gasteiger partial charge in [-0.25, -0.2) is 4.39 Å². The number of aliphatic hydroxyl groups is 1. The summed E-state index contributed by atoms with van der Waals surface area (Å²) >= 11 is 0. The van der Waals surface area contributed by atoms with E-state index in [0.29, 0.717) is 11.3 Å². The highest BCUT2D eigenvalue weighted by Crippen LogP contribution is 2.15. The van der Waals surface area contributed by atoms with Gasteiger partial charge >= 0.3 is 0 Å². The molecule has 3 N–H and O–H groups in total. The maximum atomic E-state index is 13.5. The molecule has 0 aromatic heterocycles. The van der Waals surface area contributed by atoms with Crippen molar-refractivity contribution in [1.82, 2.24) is 0 Å². The van der Waals surface area contributed by atoms with Crippen LogP contribution in [0.4, 0.5) is 15.8 Å². The highest BCUT2D eigenvalue weighted by Gasteiger charge is 2.23. The van der Waals surface area contributed by atoms with Crippen molar-refractivity contribution in [2.45, 2.75) is 25.9 Å². The number of halogens is 1. The standard InChI is InChI=1S/C18H19FN2O3/c1-18(2,24)17(23)20-13-9-7-12(8-10-13)11-16(22)21-15-6-4-3-5-14(15)19/h3-10,24H,11H2,1-2H3,(H,20,23)(H,21,22). The van der Waals surface area contributed by atoms with Gasteiger partial charge in [-0.2, -0.15) is 0 Å². The van der Waals surface area contributed by atoms with Gasteiger partial charge in [0, 0.05) is 5.69 Å². The zero-order chi connectivity index (χ0) is 17.7. The lowest BCUT2D eigenvalue weighted by molar-refractivity contribution is -0.130. The molecule has 0 fully saturated rings. The van der Waals surface area contributed by atoms with Gasteiger partial charge < -0.3 is 15.7 Å². The molecule has 0 saturated carbocycles. The summed E-state index contributed by atoms with van der Waals surface area (Å²) in [7, 11) is 0. The number of benzene rings is 2.